The summed E-state index contributed by atoms with van der Waals surface area (Å²) < 4.78 is 60.7. The maximum absolute atomic E-state index is 9.70. The third-order valence-corrected chi connectivity index (χ3v) is 9.42. The van der Waals surface area contributed by atoms with Crippen LogP contribution in [0, 0.1) is 11.8 Å². The largest absolute Gasteiger partial charge is 0.395 e. The van der Waals surface area contributed by atoms with Gasteiger partial charge in [-0.25, -0.2) is 0 Å². The molecule has 0 aromatic heterocycles. The molecular formula is C44H92N3O16+. The van der Waals surface area contributed by atoms with Gasteiger partial charge in [-0.1, -0.05) is 13.8 Å². The fraction of sp³-hybridized carbons (Fsp3) is 1.00. The van der Waals surface area contributed by atoms with Crippen molar-refractivity contribution in [3.63, 3.8) is 0 Å². The Morgan fingerprint density at radius 1 is 0.556 bits per heavy atom. The van der Waals surface area contributed by atoms with Crippen LogP contribution in [0.15, 0.2) is 0 Å². The number of rotatable bonds is 27. The molecule has 4 saturated heterocycles. The minimum atomic E-state index is -0.744. The fourth-order valence-corrected chi connectivity index (χ4v) is 6.73. The van der Waals surface area contributed by atoms with Crippen LogP contribution in [-0.2, 0) is 52.1 Å². The maximum atomic E-state index is 9.70. The first kappa shape index (κ1) is 60.3. The number of quaternary nitrogens is 1. The normalized spacial score (nSPS) is 25.3. The third kappa shape index (κ3) is 33.4. The molecule has 8 atom stereocenters. The van der Waals surface area contributed by atoms with Crippen LogP contribution in [0.5, 0.6) is 0 Å². The third-order valence-electron chi connectivity index (χ3n) is 9.42. The van der Waals surface area contributed by atoms with E-state index < -0.39 is 29.6 Å². The van der Waals surface area contributed by atoms with Gasteiger partial charge in [0.15, 0.2) is 17.4 Å². The van der Waals surface area contributed by atoms with E-state index in [-0.39, 0.29) is 51.3 Å². The summed E-state index contributed by atoms with van der Waals surface area (Å²) in [6.45, 7) is 26.1. The first-order valence-electron chi connectivity index (χ1n) is 22.6. The summed E-state index contributed by atoms with van der Waals surface area (Å²) in [7, 11) is 10.3. The van der Waals surface area contributed by atoms with Crippen LogP contribution in [0.25, 0.3) is 0 Å². The van der Waals surface area contributed by atoms with Crippen LogP contribution in [0.4, 0.5) is 0 Å². The van der Waals surface area contributed by atoms with Crippen LogP contribution in [0.1, 0.15) is 55.4 Å². The predicted octanol–water partition coefficient (Wildman–Crippen LogP) is 0.406. The Balaban J connectivity index is 0.000000424. The molecule has 4 aliphatic rings. The molecule has 0 saturated carbocycles. The fourth-order valence-electron chi connectivity index (χ4n) is 6.73. The van der Waals surface area contributed by atoms with Gasteiger partial charge in [-0.05, 0) is 61.6 Å². The van der Waals surface area contributed by atoms with Gasteiger partial charge in [0, 0.05) is 32.1 Å². The average molecular weight is 919 g/mol. The van der Waals surface area contributed by atoms with Crippen molar-refractivity contribution in [2.24, 2.45) is 11.8 Å². The molecule has 4 heterocycles. The zero-order valence-corrected chi connectivity index (χ0v) is 41.3. The van der Waals surface area contributed by atoms with Gasteiger partial charge in [0.25, 0.3) is 0 Å². The van der Waals surface area contributed by atoms with Crippen LogP contribution in [0.3, 0.4) is 0 Å². The molecule has 0 spiro atoms. The Morgan fingerprint density at radius 2 is 0.952 bits per heavy atom. The van der Waals surface area contributed by atoms with E-state index in [1.807, 2.05) is 60.5 Å². The number of hydrogen-bond donors (Lipinski definition) is 5. The van der Waals surface area contributed by atoms with E-state index in [1.165, 1.54) is 0 Å². The van der Waals surface area contributed by atoms with E-state index in [0.29, 0.717) is 97.0 Å². The van der Waals surface area contributed by atoms with Gasteiger partial charge in [0.1, 0.15) is 30.5 Å². The highest BCUT2D eigenvalue weighted by atomic mass is 16.8. The van der Waals surface area contributed by atoms with Crippen molar-refractivity contribution in [3.8, 4) is 0 Å². The SMILES string of the molecule is CC(COCC(O)CO)C[N+](C)(C)C.CC(COCC1COC(C)(C)O1)CN(C)CCO.CC1(C)OCC(COCC2CO2)O1.CN(CCO)CC(O)COCC1COC(C)(C)O1. The first-order chi connectivity index (χ1) is 29.4. The number of nitrogens with zero attached hydrogens (tertiary/aromatic N) is 3. The van der Waals surface area contributed by atoms with Gasteiger partial charge < -0.3 is 91.9 Å². The lowest BCUT2D eigenvalue weighted by atomic mass is 10.2. The van der Waals surface area contributed by atoms with E-state index in [4.69, 9.17) is 72.5 Å². The molecule has 4 fully saturated rings. The molecule has 0 bridgehead atoms. The summed E-state index contributed by atoms with van der Waals surface area (Å²) in [6.07, 6.45) is -0.919. The van der Waals surface area contributed by atoms with Crippen molar-refractivity contribution in [1.82, 2.24) is 9.80 Å². The van der Waals surface area contributed by atoms with E-state index in [9.17, 15) is 5.11 Å². The summed E-state index contributed by atoms with van der Waals surface area (Å²) in [5.74, 6) is -0.545. The molecule has 378 valence electrons. The lowest BCUT2D eigenvalue weighted by Gasteiger charge is -2.27. The molecule has 4 rings (SSSR count). The Labute approximate surface area is 379 Å². The highest BCUT2D eigenvalue weighted by Gasteiger charge is 2.35. The number of epoxide rings is 1. The van der Waals surface area contributed by atoms with Crippen LogP contribution >= 0.6 is 0 Å². The maximum Gasteiger partial charge on any atom is 0.163 e. The zero-order chi connectivity index (χ0) is 47.7. The number of hydrogen-bond acceptors (Lipinski definition) is 18. The minimum absolute atomic E-state index is 0.0439. The summed E-state index contributed by atoms with van der Waals surface area (Å²) in [4.78, 5) is 3.96. The molecule has 19 heteroatoms. The van der Waals surface area contributed by atoms with Crippen molar-refractivity contribution >= 4 is 0 Å². The van der Waals surface area contributed by atoms with Gasteiger partial charge in [0.05, 0.1) is 133 Å². The Bertz CT molecular complexity index is 1080. The molecule has 63 heavy (non-hydrogen) atoms. The number of aliphatic hydroxyl groups excluding tert-OH is 5. The predicted molar refractivity (Wildman–Crippen MR) is 237 cm³/mol. The second-order valence-electron chi connectivity index (χ2n) is 19.6. The van der Waals surface area contributed by atoms with E-state index in [1.54, 1.807) is 0 Å². The Hall–Kier alpha value is -0.760. The minimum Gasteiger partial charge on any atom is -0.395 e. The van der Waals surface area contributed by atoms with Gasteiger partial charge in [-0.2, -0.15) is 0 Å². The Kier molecular flexibility index (Phi) is 30.0. The Morgan fingerprint density at radius 3 is 1.35 bits per heavy atom. The van der Waals surface area contributed by atoms with Crippen LogP contribution < -0.4 is 0 Å². The van der Waals surface area contributed by atoms with Crippen molar-refractivity contribution in [3.05, 3.63) is 0 Å². The summed E-state index contributed by atoms with van der Waals surface area (Å²) in [5.41, 5.74) is 0. The second kappa shape index (κ2) is 31.3. The van der Waals surface area contributed by atoms with Gasteiger partial charge >= 0.3 is 0 Å². The molecule has 19 nitrogen and oxygen atoms in total. The monoisotopic (exact) mass is 919 g/mol. The smallest absolute Gasteiger partial charge is 0.163 e. The van der Waals surface area contributed by atoms with E-state index in [2.05, 4.69) is 39.9 Å². The molecular weight excluding hydrogens is 826 g/mol. The topological polar surface area (TPSA) is 212 Å². The standard InChI is InChI=1S/C13H27NO4.C12H25NO5.C10H24NO3.C9H16O4/c1-11(7-14(4)5-6-15)8-16-9-12-10-17-13(2,3)18-12;1-12(2)17-9-11(18-12)8-16-7-10(15)6-13(3)4-5-14;1-9(5-11(2,3)4)7-14-8-10(13)6-12;1-9(2)12-6-8(13-9)4-10-3-7-5-11-7/h11-12,15H,5-10H2,1-4H3;10-11,14-15H,4-9H2,1-3H3;9-10,12-13H,5-8H2,1-4H3;7-8H,3-6H2,1-2H3/q;;+1;. The van der Waals surface area contributed by atoms with Crippen molar-refractivity contribution < 1.29 is 82.1 Å². The highest BCUT2D eigenvalue weighted by molar-refractivity contribution is 4.73. The highest BCUT2D eigenvalue weighted by Crippen LogP contribution is 2.24. The first-order valence-corrected chi connectivity index (χ1v) is 22.6. The molecule has 0 radical (unpaired) electrons. The molecule has 0 aromatic rings. The van der Waals surface area contributed by atoms with Crippen LogP contribution in [-0.4, -0.2) is 261 Å². The summed E-state index contributed by atoms with van der Waals surface area (Å²) >= 11 is 0. The number of ether oxygens (including phenoxy) is 11. The second-order valence-corrected chi connectivity index (χ2v) is 19.6. The average Bonchev–Trinajstić information content (AvgIpc) is 3.69. The lowest BCUT2D eigenvalue weighted by Crippen LogP contribution is -2.39. The van der Waals surface area contributed by atoms with Crippen molar-refractivity contribution in [2.45, 2.75) is 109 Å². The molecule has 4 aliphatic heterocycles. The van der Waals surface area contributed by atoms with Crippen molar-refractivity contribution in [2.75, 3.05) is 167 Å². The van der Waals surface area contributed by atoms with Gasteiger partial charge in [0.2, 0.25) is 0 Å². The van der Waals surface area contributed by atoms with E-state index >= 15 is 0 Å². The van der Waals surface area contributed by atoms with Gasteiger partial charge in [-0.15, -0.1) is 0 Å². The number of likely N-dealkylation sites (N-methyl/N-ethyl adjacent to an activating group) is 2. The molecule has 5 N–H and O–H groups in total. The molecule has 0 aromatic carbocycles. The van der Waals surface area contributed by atoms with Crippen LogP contribution in [0.2, 0.25) is 0 Å². The molecule has 8 unspecified atom stereocenters. The lowest BCUT2D eigenvalue weighted by molar-refractivity contribution is -0.873. The quantitative estimate of drug-likeness (QED) is 0.0558. The van der Waals surface area contributed by atoms with Gasteiger partial charge in [-0.3, -0.25) is 0 Å². The van der Waals surface area contributed by atoms with E-state index in [0.717, 1.165) is 24.2 Å². The van der Waals surface area contributed by atoms with Crippen molar-refractivity contribution in [1.29, 1.82) is 0 Å². The number of aliphatic hydroxyl groups is 5. The zero-order valence-electron chi connectivity index (χ0n) is 41.3. The summed E-state index contributed by atoms with van der Waals surface area (Å²) in [6, 6.07) is 0. The molecule has 0 amide bonds. The molecule has 0 aliphatic carbocycles. The summed E-state index contributed by atoms with van der Waals surface area (Å²) in [5, 5.41) is 44.8.